The van der Waals surface area contributed by atoms with Gasteiger partial charge in [0.05, 0.1) is 0 Å². The molecule has 0 atom stereocenters. The van der Waals surface area contributed by atoms with Gasteiger partial charge in [-0.2, -0.15) is 4.57 Å². The summed E-state index contributed by atoms with van der Waals surface area (Å²) in [5.41, 5.74) is 5.02. The van der Waals surface area contributed by atoms with Crippen LogP contribution in [0.2, 0.25) is 0 Å². The Morgan fingerprint density at radius 1 is 1.12 bits per heavy atom. The number of benzene rings is 2. The Labute approximate surface area is 165 Å². The van der Waals surface area contributed by atoms with Gasteiger partial charge in [-0.3, -0.25) is 0 Å². The highest BCUT2D eigenvalue weighted by molar-refractivity contribution is 7.18. The van der Waals surface area contributed by atoms with Gasteiger partial charge in [-0.15, -0.1) is 0 Å². The fourth-order valence-corrected chi connectivity index (χ4v) is 4.02. The van der Waals surface area contributed by atoms with Crippen LogP contribution in [-0.2, 0) is 6.54 Å². The zero-order valence-electron chi connectivity index (χ0n) is 14.3. The molecule has 1 heterocycles. The Balaban J connectivity index is 0.00000208. The van der Waals surface area contributed by atoms with Crippen molar-refractivity contribution in [1.29, 1.82) is 0 Å². The predicted molar refractivity (Wildman–Crippen MR) is 101 cm³/mol. The van der Waals surface area contributed by atoms with Crippen molar-refractivity contribution in [3.63, 3.8) is 0 Å². The Morgan fingerprint density at radius 2 is 1.88 bits per heavy atom. The number of anilines is 1. The van der Waals surface area contributed by atoms with Crippen molar-refractivity contribution in [3.8, 4) is 0 Å². The van der Waals surface area contributed by atoms with Gasteiger partial charge in [0.1, 0.15) is 11.2 Å². The number of nitrogens with one attached hydrogen (secondary N) is 1. The lowest BCUT2D eigenvalue weighted by Gasteiger charge is -2.07. The molecule has 0 bridgehead atoms. The zero-order valence-corrected chi connectivity index (χ0v) is 17.3. The molecule has 126 valence electrons. The van der Waals surface area contributed by atoms with E-state index in [1.807, 2.05) is 17.4 Å². The highest BCUT2D eigenvalue weighted by atomic mass is 127. The van der Waals surface area contributed by atoms with Gasteiger partial charge in [0.2, 0.25) is 5.52 Å². The third-order valence-electron chi connectivity index (χ3n) is 3.96. The monoisotopic (exact) mass is 450 g/mol. The van der Waals surface area contributed by atoms with Gasteiger partial charge < -0.3 is 29.3 Å². The highest BCUT2D eigenvalue weighted by Gasteiger charge is 2.17. The Morgan fingerprint density at radius 3 is 2.54 bits per heavy atom. The van der Waals surface area contributed by atoms with Crippen molar-refractivity contribution in [2.75, 3.05) is 5.32 Å². The number of halogens is 1. The van der Waals surface area contributed by atoms with Gasteiger partial charge in [-0.1, -0.05) is 42.5 Å². The van der Waals surface area contributed by atoms with Crippen LogP contribution >= 0.6 is 11.3 Å². The summed E-state index contributed by atoms with van der Waals surface area (Å²) < 4.78 is 3.75. The molecule has 0 radical (unpaired) electrons. The molecule has 0 saturated heterocycles. The molecule has 3 rings (SSSR count). The van der Waals surface area contributed by atoms with Crippen molar-refractivity contribution in [2.45, 2.75) is 33.7 Å². The molecule has 3 aromatic rings. The standard InChI is InChI=1S/C20H22N2S.HI/c1-4-16(21-17-9-7-6-8-10-17)14-20-22(5-2)18-12-11-15(3)13-19(18)23-20;/h6-14H,4-5H2,1-3H3;1H. The maximum atomic E-state index is 3.54. The van der Waals surface area contributed by atoms with Crippen LogP contribution in [0.3, 0.4) is 0 Å². The average molecular weight is 450 g/mol. The molecule has 1 aromatic heterocycles. The first kappa shape index (κ1) is 18.9. The number of thiazole rings is 1. The highest BCUT2D eigenvalue weighted by Crippen LogP contribution is 2.24. The molecule has 0 unspecified atom stereocenters. The second-order valence-corrected chi connectivity index (χ2v) is 6.73. The number of para-hydroxylation sites is 1. The smallest absolute Gasteiger partial charge is 0.264 e. The van der Waals surface area contributed by atoms with E-state index < -0.39 is 0 Å². The van der Waals surface area contributed by atoms with Gasteiger partial charge in [-0.05, 0) is 44.0 Å². The van der Waals surface area contributed by atoms with Crippen LogP contribution in [-0.4, -0.2) is 0 Å². The summed E-state index contributed by atoms with van der Waals surface area (Å²) >= 11 is 1.86. The number of rotatable bonds is 5. The van der Waals surface area contributed by atoms with E-state index in [2.05, 4.69) is 79.2 Å². The van der Waals surface area contributed by atoms with E-state index in [0.29, 0.717) is 0 Å². The third-order valence-corrected chi connectivity index (χ3v) is 5.05. The first-order valence-corrected chi connectivity index (χ1v) is 8.98. The molecule has 4 heteroatoms. The van der Waals surface area contributed by atoms with Gasteiger partial charge in [0.25, 0.3) is 5.01 Å². The normalized spacial score (nSPS) is 11.4. The van der Waals surface area contributed by atoms with Crippen molar-refractivity contribution in [3.05, 3.63) is 64.8 Å². The van der Waals surface area contributed by atoms with Crippen molar-refractivity contribution in [1.82, 2.24) is 0 Å². The first-order chi connectivity index (χ1) is 11.2. The molecule has 2 nitrogen and oxygen atoms in total. The van der Waals surface area contributed by atoms with Crippen LogP contribution in [0.15, 0.2) is 54.2 Å². The fourth-order valence-electron chi connectivity index (χ4n) is 2.73. The second kappa shape index (κ2) is 8.62. The third kappa shape index (κ3) is 4.16. The number of aryl methyl sites for hydroxylation is 2. The van der Waals surface area contributed by atoms with Crippen molar-refractivity contribution in [2.24, 2.45) is 0 Å². The van der Waals surface area contributed by atoms with E-state index in [-0.39, 0.29) is 24.0 Å². The summed E-state index contributed by atoms with van der Waals surface area (Å²) in [5, 5.41) is 4.84. The summed E-state index contributed by atoms with van der Waals surface area (Å²) in [5.74, 6) is 0. The average Bonchev–Trinajstić information content (AvgIpc) is 2.91. The molecular formula is C20H23IN2S. The molecule has 2 aromatic carbocycles. The Bertz CT molecular complexity index is 837. The first-order valence-electron chi connectivity index (χ1n) is 8.17. The molecule has 24 heavy (non-hydrogen) atoms. The molecule has 0 amide bonds. The fraction of sp³-hybridized carbons (Fsp3) is 0.250. The SMILES string of the molecule is CCC(=Cc1sc2cc(C)ccc2[n+]1CC)Nc1ccccc1.[I-]. The minimum absolute atomic E-state index is 0. The Kier molecular flexibility index (Phi) is 6.80. The summed E-state index contributed by atoms with van der Waals surface area (Å²) in [6.07, 6.45) is 3.27. The van der Waals surface area contributed by atoms with Crippen LogP contribution < -0.4 is 33.9 Å². The zero-order chi connectivity index (χ0) is 16.2. The van der Waals surface area contributed by atoms with E-state index in [9.17, 15) is 0 Å². The van der Waals surface area contributed by atoms with E-state index in [4.69, 9.17) is 0 Å². The number of fused-ring (bicyclic) bond motifs is 1. The van der Waals surface area contributed by atoms with Crippen LogP contribution in [0.1, 0.15) is 30.8 Å². The molecular weight excluding hydrogens is 427 g/mol. The predicted octanol–water partition coefficient (Wildman–Crippen LogP) is 2.38. The molecule has 1 N–H and O–H groups in total. The molecule has 0 fully saturated rings. The minimum Gasteiger partial charge on any atom is -1.00 e. The van der Waals surface area contributed by atoms with Gasteiger partial charge in [-0.25, -0.2) is 0 Å². The van der Waals surface area contributed by atoms with Crippen molar-refractivity contribution >= 4 is 33.3 Å². The lowest BCUT2D eigenvalue weighted by atomic mass is 10.2. The molecule has 0 spiro atoms. The molecule has 0 aliphatic carbocycles. The van der Waals surface area contributed by atoms with Crippen LogP contribution in [0.4, 0.5) is 5.69 Å². The minimum atomic E-state index is 0. The van der Waals surface area contributed by atoms with Gasteiger partial charge in [0.15, 0.2) is 0 Å². The second-order valence-electron chi connectivity index (χ2n) is 5.67. The molecule has 0 aliphatic heterocycles. The lowest BCUT2D eigenvalue weighted by molar-refractivity contribution is -0.665. The summed E-state index contributed by atoms with van der Waals surface area (Å²) in [4.78, 5) is 0. The van der Waals surface area contributed by atoms with E-state index in [0.717, 1.165) is 18.7 Å². The van der Waals surface area contributed by atoms with Gasteiger partial charge in [0, 0.05) is 23.5 Å². The van der Waals surface area contributed by atoms with E-state index in [1.54, 1.807) is 0 Å². The number of nitrogens with zero attached hydrogens (tertiary/aromatic N) is 1. The van der Waals surface area contributed by atoms with Crippen LogP contribution in [0.5, 0.6) is 0 Å². The summed E-state index contributed by atoms with van der Waals surface area (Å²) in [6.45, 7) is 7.53. The summed E-state index contributed by atoms with van der Waals surface area (Å²) in [6, 6.07) is 17.1. The maximum Gasteiger partial charge on any atom is 0.264 e. The topological polar surface area (TPSA) is 15.9 Å². The number of hydrogen-bond donors (Lipinski definition) is 1. The molecule has 0 aliphatic rings. The van der Waals surface area contributed by atoms with E-state index >= 15 is 0 Å². The number of hydrogen-bond acceptors (Lipinski definition) is 2. The van der Waals surface area contributed by atoms with Crippen LogP contribution in [0.25, 0.3) is 16.3 Å². The maximum absolute atomic E-state index is 3.54. The molecule has 0 saturated carbocycles. The van der Waals surface area contributed by atoms with Crippen molar-refractivity contribution < 1.29 is 28.5 Å². The number of aromatic nitrogens is 1. The quantitative estimate of drug-likeness (QED) is 0.467. The van der Waals surface area contributed by atoms with E-state index in [1.165, 1.54) is 26.5 Å². The van der Waals surface area contributed by atoms with Crippen LogP contribution in [0, 0.1) is 6.92 Å². The van der Waals surface area contributed by atoms with Gasteiger partial charge >= 0.3 is 0 Å². The Hall–Kier alpha value is -1.40. The lowest BCUT2D eigenvalue weighted by Crippen LogP contribution is -3.00. The summed E-state index contributed by atoms with van der Waals surface area (Å²) in [7, 11) is 0. The largest absolute Gasteiger partial charge is 1.00 e. The number of allylic oxidation sites excluding steroid dienone is 1.